The summed E-state index contributed by atoms with van der Waals surface area (Å²) in [6, 6.07) is 54.5. The second-order valence-electron chi connectivity index (χ2n) is 11.2. The summed E-state index contributed by atoms with van der Waals surface area (Å²) in [6.45, 7) is 0. The number of benzene rings is 7. The first-order valence-corrected chi connectivity index (χ1v) is 15.0. The van der Waals surface area contributed by atoms with Crippen LogP contribution in [0.5, 0.6) is 0 Å². The summed E-state index contributed by atoms with van der Waals surface area (Å²) in [4.78, 5) is 7.10. The molecule has 9 rings (SSSR count). The molecular weight excluding hydrogens is 552 g/mol. The maximum atomic E-state index is 6.71. The van der Waals surface area contributed by atoms with E-state index in [2.05, 4.69) is 120 Å². The molecule has 9 aromatic rings. The Balaban J connectivity index is 1.26. The van der Waals surface area contributed by atoms with E-state index in [4.69, 9.17) is 13.8 Å². The van der Waals surface area contributed by atoms with Crippen LogP contribution in [-0.2, 0) is 0 Å². The Bertz CT molecular complexity index is 2460. The molecule has 0 saturated carbocycles. The lowest BCUT2D eigenvalue weighted by atomic mass is 10.0. The highest BCUT2D eigenvalue weighted by Gasteiger charge is 2.22. The van der Waals surface area contributed by atoms with Gasteiger partial charge in [0.15, 0.2) is 11.2 Å². The van der Waals surface area contributed by atoms with E-state index in [-0.39, 0.29) is 0 Å². The molecule has 0 aliphatic rings. The lowest BCUT2D eigenvalue weighted by Gasteiger charge is -2.26. The van der Waals surface area contributed by atoms with Crippen molar-refractivity contribution in [3.05, 3.63) is 158 Å². The average molecular weight is 579 g/mol. The van der Waals surface area contributed by atoms with Gasteiger partial charge in [0.05, 0.1) is 5.69 Å². The van der Waals surface area contributed by atoms with Crippen LogP contribution in [0.2, 0.25) is 0 Å². The molecule has 0 aliphatic heterocycles. The van der Waals surface area contributed by atoms with E-state index in [0.717, 1.165) is 55.7 Å². The van der Waals surface area contributed by atoms with Gasteiger partial charge in [0.25, 0.3) is 0 Å². The lowest BCUT2D eigenvalue weighted by Crippen LogP contribution is -2.10. The van der Waals surface area contributed by atoms with Crippen LogP contribution in [-0.4, -0.2) is 4.98 Å². The maximum Gasteiger partial charge on any atom is 0.228 e. The zero-order chi connectivity index (χ0) is 29.7. The number of hydrogen-bond acceptors (Lipinski definition) is 4. The number of para-hydroxylation sites is 3. The van der Waals surface area contributed by atoms with Gasteiger partial charge in [-0.2, -0.15) is 0 Å². The van der Waals surface area contributed by atoms with Crippen molar-refractivity contribution in [1.29, 1.82) is 0 Å². The van der Waals surface area contributed by atoms with Gasteiger partial charge >= 0.3 is 0 Å². The van der Waals surface area contributed by atoms with E-state index in [9.17, 15) is 0 Å². The van der Waals surface area contributed by atoms with E-state index >= 15 is 0 Å². The molecule has 0 unspecified atom stereocenters. The summed E-state index contributed by atoms with van der Waals surface area (Å²) in [6.07, 6.45) is 0. The Morgan fingerprint density at radius 2 is 1.20 bits per heavy atom. The van der Waals surface area contributed by atoms with Crippen molar-refractivity contribution in [3.8, 4) is 22.6 Å². The quantitative estimate of drug-likeness (QED) is 0.204. The summed E-state index contributed by atoms with van der Waals surface area (Å²) in [7, 11) is 0. The first kappa shape index (κ1) is 25.4. The van der Waals surface area contributed by atoms with Gasteiger partial charge in [-0.3, -0.25) is 0 Å². The Morgan fingerprint density at radius 3 is 2.07 bits per heavy atom. The highest BCUT2D eigenvalue weighted by molar-refractivity contribution is 6.15. The molecule has 4 nitrogen and oxygen atoms in total. The summed E-state index contributed by atoms with van der Waals surface area (Å²) in [5.41, 5.74) is 9.49. The number of fused-ring (bicyclic) bond motifs is 5. The lowest BCUT2D eigenvalue weighted by molar-refractivity contribution is 0.620. The molecule has 2 aromatic heterocycles. The summed E-state index contributed by atoms with van der Waals surface area (Å²) in [5.74, 6) is 0.581. The molecule has 2 heterocycles. The Labute approximate surface area is 259 Å². The van der Waals surface area contributed by atoms with E-state index in [1.54, 1.807) is 0 Å². The van der Waals surface area contributed by atoms with Crippen molar-refractivity contribution >= 4 is 60.9 Å². The molecule has 45 heavy (non-hydrogen) atoms. The Morgan fingerprint density at radius 1 is 0.489 bits per heavy atom. The van der Waals surface area contributed by atoms with Crippen LogP contribution in [0, 0.1) is 0 Å². The minimum absolute atomic E-state index is 0.581. The Hall–Kier alpha value is -6.13. The molecule has 0 aliphatic carbocycles. The van der Waals surface area contributed by atoms with Crippen LogP contribution in [0.3, 0.4) is 0 Å². The number of oxazole rings is 1. The van der Waals surface area contributed by atoms with Crippen LogP contribution in [0.1, 0.15) is 0 Å². The first-order chi connectivity index (χ1) is 22.3. The third-order valence-electron chi connectivity index (χ3n) is 8.49. The van der Waals surface area contributed by atoms with Crippen molar-refractivity contribution in [2.45, 2.75) is 0 Å². The maximum absolute atomic E-state index is 6.71. The molecular formula is C41H26N2O2. The van der Waals surface area contributed by atoms with E-state index in [0.29, 0.717) is 5.89 Å². The third-order valence-corrected chi connectivity index (χ3v) is 8.49. The molecule has 0 fully saturated rings. The number of nitrogens with zero attached hydrogens (tertiary/aromatic N) is 2. The van der Waals surface area contributed by atoms with E-state index in [1.165, 1.54) is 21.9 Å². The highest BCUT2D eigenvalue weighted by atomic mass is 16.3. The van der Waals surface area contributed by atoms with Gasteiger partial charge in [-0.25, -0.2) is 4.98 Å². The predicted molar refractivity (Wildman–Crippen MR) is 184 cm³/mol. The molecule has 4 heteroatoms. The molecule has 212 valence electrons. The van der Waals surface area contributed by atoms with Crippen molar-refractivity contribution in [2.75, 3.05) is 4.90 Å². The van der Waals surface area contributed by atoms with Crippen LogP contribution >= 0.6 is 0 Å². The summed E-state index contributed by atoms with van der Waals surface area (Å²) >= 11 is 0. The second-order valence-corrected chi connectivity index (χ2v) is 11.2. The summed E-state index contributed by atoms with van der Waals surface area (Å²) < 4.78 is 12.9. The normalized spacial score (nSPS) is 11.6. The molecule has 0 bridgehead atoms. The smallest absolute Gasteiger partial charge is 0.228 e. The molecule has 0 N–H and O–H groups in total. The van der Waals surface area contributed by atoms with E-state index < -0.39 is 0 Å². The van der Waals surface area contributed by atoms with Crippen molar-refractivity contribution in [2.24, 2.45) is 0 Å². The van der Waals surface area contributed by atoms with Gasteiger partial charge in [-0.1, -0.05) is 103 Å². The molecule has 0 amide bonds. The fraction of sp³-hybridized carbons (Fsp3) is 0. The van der Waals surface area contributed by atoms with Gasteiger partial charge in [0.2, 0.25) is 5.89 Å². The number of anilines is 3. The second kappa shape index (κ2) is 10.2. The van der Waals surface area contributed by atoms with Crippen LogP contribution < -0.4 is 4.90 Å². The van der Waals surface area contributed by atoms with Crippen molar-refractivity contribution in [3.63, 3.8) is 0 Å². The van der Waals surface area contributed by atoms with Gasteiger partial charge < -0.3 is 13.7 Å². The fourth-order valence-electron chi connectivity index (χ4n) is 6.35. The number of rotatable bonds is 5. The zero-order valence-corrected chi connectivity index (χ0v) is 24.2. The number of aromatic nitrogens is 1. The minimum atomic E-state index is 0.581. The van der Waals surface area contributed by atoms with Crippen LogP contribution in [0.25, 0.3) is 66.4 Å². The molecule has 0 atom stereocenters. The van der Waals surface area contributed by atoms with Gasteiger partial charge in [0.1, 0.15) is 11.1 Å². The zero-order valence-electron chi connectivity index (χ0n) is 24.2. The van der Waals surface area contributed by atoms with Gasteiger partial charge in [0, 0.05) is 27.7 Å². The summed E-state index contributed by atoms with van der Waals surface area (Å²) in [5, 5.41) is 4.37. The minimum Gasteiger partial charge on any atom is -0.454 e. The first-order valence-electron chi connectivity index (χ1n) is 15.0. The largest absolute Gasteiger partial charge is 0.454 e. The van der Waals surface area contributed by atoms with E-state index in [1.807, 2.05) is 42.5 Å². The predicted octanol–water partition coefficient (Wildman–Crippen LogP) is 11.7. The average Bonchev–Trinajstić information content (AvgIpc) is 3.72. The van der Waals surface area contributed by atoms with Crippen molar-refractivity contribution in [1.82, 2.24) is 4.98 Å². The number of hydrogen-bond donors (Lipinski definition) is 0. The molecule has 0 saturated heterocycles. The van der Waals surface area contributed by atoms with Crippen LogP contribution in [0.4, 0.5) is 17.1 Å². The van der Waals surface area contributed by atoms with Gasteiger partial charge in [-0.15, -0.1) is 0 Å². The van der Waals surface area contributed by atoms with Crippen molar-refractivity contribution < 1.29 is 8.83 Å². The standard InChI is InChI=1S/C41H26N2O2/c1-2-10-27(11-3-1)29-20-23-31(24-21-29)43(32-25-22-28-12-4-5-13-30(28)26-32)36-17-8-14-33-39-34(15-9-19-38(39)44-40(33)36)41-42-35-16-6-7-18-37(35)45-41/h1-26H. The SMILES string of the molecule is c1ccc(-c2ccc(N(c3ccc4ccccc4c3)c3cccc4c3oc3cccc(-c5nc6ccccc6o5)c34)cc2)cc1. The molecule has 7 aromatic carbocycles. The van der Waals surface area contributed by atoms with Gasteiger partial charge in [-0.05, 0) is 76.5 Å². The highest BCUT2D eigenvalue weighted by Crippen LogP contribution is 2.45. The Kier molecular flexibility index (Phi) is 5.78. The fourth-order valence-corrected chi connectivity index (χ4v) is 6.35. The molecule has 0 spiro atoms. The third kappa shape index (κ3) is 4.27. The number of furan rings is 1. The molecule has 0 radical (unpaired) electrons. The monoisotopic (exact) mass is 578 g/mol. The van der Waals surface area contributed by atoms with Crippen LogP contribution in [0.15, 0.2) is 167 Å². The topological polar surface area (TPSA) is 42.4 Å².